The van der Waals surface area contributed by atoms with Crippen molar-refractivity contribution in [3.8, 4) is 0 Å². The number of hydrogen-bond acceptors (Lipinski definition) is 3. The van der Waals surface area contributed by atoms with E-state index in [1.807, 2.05) is 31.2 Å². The SMILES string of the molecule is Cc1cc(C(=O)N[C@@H]2CCC[C@H](c3nc4ccccc4[nH]3)C2)n(C)n1. The minimum absolute atomic E-state index is 0.0432. The van der Waals surface area contributed by atoms with Crippen molar-refractivity contribution in [3.05, 3.63) is 47.5 Å². The Bertz CT molecular complexity index is 877. The number of carbonyl (C=O) groups is 1. The van der Waals surface area contributed by atoms with Gasteiger partial charge in [0.2, 0.25) is 0 Å². The molecule has 2 heterocycles. The van der Waals surface area contributed by atoms with Gasteiger partial charge in [-0.05, 0) is 44.4 Å². The van der Waals surface area contributed by atoms with Gasteiger partial charge in [-0.25, -0.2) is 4.98 Å². The molecule has 2 aromatic heterocycles. The fourth-order valence-corrected chi connectivity index (χ4v) is 3.82. The Morgan fingerprint density at radius 2 is 2.16 bits per heavy atom. The molecule has 0 aliphatic heterocycles. The Labute approximate surface area is 146 Å². The highest BCUT2D eigenvalue weighted by molar-refractivity contribution is 5.92. The van der Waals surface area contributed by atoms with E-state index in [-0.39, 0.29) is 11.9 Å². The van der Waals surface area contributed by atoms with Crippen molar-refractivity contribution >= 4 is 16.9 Å². The number of benzene rings is 1. The van der Waals surface area contributed by atoms with Gasteiger partial charge < -0.3 is 10.3 Å². The molecule has 1 fully saturated rings. The molecule has 2 atom stereocenters. The van der Waals surface area contributed by atoms with Crippen LogP contribution in [0.5, 0.6) is 0 Å². The molecule has 0 spiro atoms. The Balaban J connectivity index is 1.47. The summed E-state index contributed by atoms with van der Waals surface area (Å²) < 4.78 is 1.64. The number of H-pyrrole nitrogens is 1. The second kappa shape index (κ2) is 6.35. The van der Waals surface area contributed by atoms with Crippen LogP contribution in [-0.2, 0) is 7.05 Å². The molecular formula is C19H23N5O. The maximum Gasteiger partial charge on any atom is 0.269 e. The first-order valence-corrected chi connectivity index (χ1v) is 8.86. The molecule has 0 unspecified atom stereocenters. The fraction of sp³-hybridized carbons (Fsp3) is 0.421. The van der Waals surface area contributed by atoms with Crippen LogP contribution >= 0.6 is 0 Å². The first-order chi connectivity index (χ1) is 12.1. The van der Waals surface area contributed by atoms with Gasteiger partial charge in [-0.3, -0.25) is 9.48 Å². The van der Waals surface area contributed by atoms with Gasteiger partial charge >= 0.3 is 0 Å². The lowest BCUT2D eigenvalue weighted by Crippen LogP contribution is -2.38. The Morgan fingerprint density at radius 1 is 1.32 bits per heavy atom. The third-order valence-corrected chi connectivity index (χ3v) is 5.04. The lowest BCUT2D eigenvalue weighted by molar-refractivity contribution is 0.0915. The van der Waals surface area contributed by atoms with Gasteiger partial charge in [0.15, 0.2) is 0 Å². The zero-order valence-corrected chi connectivity index (χ0v) is 14.6. The van der Waals surface area contributed by atoms with Crippen LogP contribution in [0.25, 0.3) is 11.0 Å². The van der Waals surface area contributed by atoms with Crippen LogP contribution in [0.3, 0.4) is 0 Å². The van der Waals surface area contributed by atoms with Gasteiger partial charge in [-0.2, -0.15) is 5.10 Å². The molecule has 6 heteroatoms. The number of fused-ring (bicyclic) bond motifs is 1. The normalized spacial score (nSPS) is 20.7. The maximum atomic E-state index is 12.5. The Morgan fingerprint density at radius 3 is 2.92 bits per heavy atom. The largest absolute Gasteiger partial charge is 0.348 e. The highest BCUT2D eigenvalue weighted by Crippen LogP contribution is 2.32. The highest BCUT2D eigenvalue weighted by Gasteiger charge is 2.27. The number of aryl methyl sites for hydroxylation is 2. The molecule has 25 heavy (non-hydrogen) atoms. The van der Waals surface area contributed by atoms with E-state index in [1.165, 1.54) is 0 Å². The van der Waals surface area contributed by atoms with Gasteiger partial charge in [0.05, 0.1) is 16.7 Å². The summed E-state index contributed by atoms with van der Waals surface area (Å²) in [6, 6.07) is 10.1. The van der Waals surface area contributed by atoms with Crippen LogP contribution in [0.1, 0.15) is 53.6 Å². The zero-order valence-electron chi connectivity index (χ0n) is 14.6. The molecule has 0 radical (unpaired) electrons. The minimum atomic E-state index is -0.0432. The third kappa shape index (κ3) is 3.16. The summed E-state index contributed by atoms with van der Waals surface area (Å²) >= 11 is 0. The first-order valence-electron chi connectivity index (χ1n) is 8.86. The summed E-state index contributed by atoms with van der Waals surface area (Å²) in [5.41, 5.74) is 3.56. The van der Waals surface area contributed by atoms with Crippen LogP contribution in [0.15, 0.2) is 30.3 Å². The van der Waals surface area contributed by atoms with E-state index in [1.54, 1.807) is 11.7 Å². The van der Waals surface area contributed by atoms with Crippen molar-refractivity contribution in [2.45, 2.75) is 44.6 Å². The van der Waals surface area contributed by atoms with Gasteiger partial charge in [0.1, 0.15) is 11.5 Å². The minimum Gasteiger partial charge on any atom is -0.348 e. The fourth-order valence-electron chi connectivity index (χ4n) is 3.82. The van der Waals surface area contributed by atoms with E-state index >= 15 is 0 Å². The number of nitrogens with zero attached hydrogens (tertiary/aromatic N) is 3. The number of para-hydroxylation sites is 2. The van der Waals surface area contributed by atoms with Crippen LogP contribution in [-0.4, -0.2) is 31.7 Å². The third-order valence-electron chi connectivity index (χ3n) is 5.04. The molecule has 1 aliphatic rings. The summed E-state index contributed by atoms with van der Waals surface area (Å²) in [6.45, 7) is 1.90. The van der Waals surface area contributed by atoms with E-state index < -0.39 is 0 Å². The van der Waals surface area contributed by atoms with Crippen molar-refractivity contribution < 1.29 is 4.79 Å². The van der Waals surface area contributed by atoms with E-state index in [0.29, 0.717) is 11.6 Å². The molecule has 0 saturated heterocycles. The number of hydrogen-bond donors (Lipinski definition) is 2. The maximum absolute atomic E-state index is 12.5. The van der Waals surface area contributed by atoms with Crippen molar-refractivity contribution in [2.24, 2.45) is 7.05 Å². The lowest BCUT2D eigenvalue weighted by Gasteiger charge is -2.28. The van der Waals surface area contributed by atoms with Crippen LogP contribution in [0.2, 0.25) is 0 Å². The van der Waals surface area contributed by atoms with Gasteiger partial charge in [-0.15, -0.1) is 0 Å². The molecule has 1 aromatic carbocycles. The van der Waals surface area contributed by atoms with E-state index in [4.69, 9.17) is 4.98 Å². The van der Waals surface area contributed by atoms with Crippen molar-refractivity contribution in [2.75, 3.05) is 0 Å². The van der Waals surface area contributed by atoms with Gasteiger partial charge in [0, 0.05) is 19.0 Å². The molecule has 2 N–H and O–H groups in total. The number of aromatic nitrogens is 4. The van der Waals surface area contributed by atoms with Crippen LogP contribution in [0.4, 0.5) is 0 Å². The van der Waals surface area contributed by atoms with E-state index in [2.05, 4.69) is 21.5 Å². The Kier molecular flexibility index (Phi) is 4.03. The van der Waals surface area contributed by atoms with Crippen molar-refractivity contribution in [1.29, 1.82) is 0 Å². The number of nitrogens with one attached hydrogen (secondary N) is 2. The monoisotopic (exact) mass is 337 g/mol. The van der Waals surface area contributed by atoms with Gasteiger partial charge in [-0.1, -0.05) is 18.6 Å². The number of carbonyl (C=O) groups excluding carboxylic acids is 1. The standard InChI is InChI=1S/C19H23N5O/c1-12-10-17(24(2)23-12)19(25)20-14-7-5-6-13(11-14)18-21-15-8-3-4-9-16(15)22-18/h3-4,8-10,13-14H,5-7,11H2,1-2H3,(H,20,25)(H,21,22)/t13-,14+/m0/s1. The van der Waals surface area contributed by atoms with E-state index in [9.17, 15) is 4.79 Å². The second-order valence-electron chi connectivity index (χ2n) is 6.97. The summed E-state index contributed by atoms with van der Waals surface area (Å²) in [6.07, 6.45) is 4.13. The summed E-state index contributed by atoms with van der Waals surface area (Å²) in [5, 5.41) is 7.43. The van der Waals surface area contributed by atoms with Crippen molar-refractivity contribution in [1.82, 2.24) is 25.1 Å². The second-order valence-corrected chi connectivity index (χ2v) is 6.97. The zero-order chi connectivity index (χ0) is 17.4. The lowest BCUT2D eigenvalue weighted by atomic mass is 9.85. The molecule has 1 saturated carbocycles. The first kappa shape index (κ1) is 15.9. The quantitative estimate of drug-likeness (QED) is 0.771. The highest BCUT2D eigenvalue weighted by atomic mass is 16.2. The van der Waals surface area contributed by atoms with Crippen LogP contribution in [0, 0.1) is 6.92 Å². The number of rotatable bonds is 3. The van der Waals surface area contributed by atoms with Crippen molar-refractivity contribution in [3.63, 3.8) is 0 Å². The van der Waals surface area contributed by atoms with Gasteiger partial charge in [0.25, 0.3) is 5.91 Å². The number of amides is 1. The number of imidazole rings is 1. The van der Waals surface area contributed by atoms with Crippen LogP contribution < -0.4 is 5.32 Å². The molecule has 4 rings (SSSR count). The molecule has 6 nitrogen and oxygen atoms in total. The average Bonchev–Trinajstić information content (AvgIpc) is 3.18. The average molecular weight is 337 g/mol. The molecule has 1 amide bonds. The molecule has 130 valence electrons. The van der Waals surface area contributed by atoms with E-state index in [0.717, 1.165) is 48.2 Å². The Hall–Kier alpha value is -2.63. The summed E-state index contributed by atoms with van der Waals surface area (Å²) in [5.74, 6) is 1.36. The predicted octanol–water partition coefficient (Wildman–Crippen LogP) is 3.06. The molecule has 3 aromatic rings. The number of aromatic amines is 1. The molecule has 0 bridgehead atoms. The summed E-state index contributed by atoms with van der Waals surface area (Å²) in [7, 11) is 1.81. The molecular weight excluding hydrogens is 314 g/mol. The predicted molar refractivity (Wildman–Crippen MR) is 96.5 cm³/mol. The summed E-state index contributed by atoms with van der Waals surface area (Å²) in [4.78, 5) is 20.7. The topological polar surface area (TPSA) is 75.6 Å². The molecule has 1 aliphatic carbocycles. The smallest absolute Gasteiger partial charge is 0.269 e.